The van der Waals surface area contributed by atoms with Gasteiger partial charge in [0.1, 0.15) is 17.6 Å². The van der Waals surface area contributed by atoms with Crippen LogP contribution in [0.15, 0.2) is 36.7 Å². The monoisotopic (exact) mass is 378 g/mol. The van der Waals surface area contributed by atoms with Crippen molar-refractivity contribution < 1.29 is 9.53 Å². The number of hydrogen-bond donors (Lipinski definition) is 1. The van der Waals surface area contributed by atoms with Gasteiger partial charge in [-0.1, -0.05) is 26.0 Å². The fourth-order valence-electron chi connectivity index (χ4n) is 3.12. The van der Waals surface area contributed by atoms with E-state index in [1.165, 1.54) is 5.56 Å². The highest BCUT2D eigenvalue weighted by atomic mass is 35.5. The van der Waals surface area contributed by atoms with Crippen molar-refractivity contribution in [2.75, 3.05) is 26.2 Å². The maximum atomic E-state index is 12.7. The van der Waals surface area contributed by atoms with E-state index >= 15 is 0 Å². The minimum atomic E-state index is -0.0631. The second kappa shape index (κ2) is 9.05. The molecule has 1 aromatic carbocycles. The molecule has 0 spiro atoms. The van der Waals surface area contributed by atoms with Crippen LogP contribution in [-0.4, -0.2) is 46.6 Å². The summed E-state index contributed by atoms with van der Waals surface area (Å²) >= 11 is 0. The van der Waals surface area contributed by atoms with Crippen molar-refractivity contribution in [3.63, 3.8) is 0 Å². The first kappa shape index (κ1) is 20.3. The predicted octanol–water partition coefficient (Wildman–Crippen LogP) is 2.52. The van der Waals surface area contributed by atoms with Gasteiger partial charge in [-0.15, -0.1) is 12.4 Å². The SMILES string of the molecule is CC(C)c1cccc(OCC(=O)N2CCNCC2c2nccn2C)c1.Cl. The van der Waals surface area contributed by atoms with Crippen LogP contribution < -0.4 is 10.1 Å². The van der Waals surface area contributed by atoms with Crippen molar-refractivity contribution in [2.24, 2.45) is 7.05 Å². The molecule has 1 N–H and O–H groups in total. The van der Waals surface area contributed by atoms with E-state index in [4.69, 9.17) is 4.74 Å². The van der Waals surface area contributed by atoms with Crippen LogP contribution in [0.2, 0.25) is 0 Å². The molecule has 1 amide bonds. The number of aryl methyl sites for hydroxylation is 1. The van der Waals surface area contributed by atoms with Crippen molar-refractivity contribution in [2.45, 2.75) is 25.8 Å². The molecule has 7 heteroatoms. The zero-order valence-electron chi connectivity index (χ0n) is 15.5. The van der Waals surface area contributed by atoms with Crippen LogP contribution in [0.5, 0.6) is 5.75 Å². The van der Waals surface area contributed by atoms with Gasteiger partial charge in [0.15, 0.2) is 6.61 Å². The molecule has 0 radical (unpaired) electrons. The van der Waals surface area contributed by atoms with Crippen LogP contribution in [0.4, 0.5) is 0 Å². The van der Waals surface area contributed by atoms with Gasteiger partial charge in [0, 0.05) is 39.1 Å². The fraction of sp³-hybridized carbons (Fsp3) is 0.474. The fourth-order valence-corrected chi connectivity index (χ4v) is 3.12. The number of imidazole rings is 1. The Morgan fingerprint density at radius 3 is 2.92 bits per heavy atom. The highest BCUT2D eigenvalue weighted by molar-refractivity contribution is 5.85. The molecule has 1 aliphatic rings. The Kier molecular flexibility index (Phi) is 7.06. The zero-order chi connectivity index (χ0) is 17.8. The molecular formula is C19H27ClN4O2. The first-order chi connectivity index (χ1) is 12.1. The predicted molar refractivity (Wildman–Crippen MR) is 104 cm³/mol. The molecule has 1 saturated heterocycles. The molecule has 0 bridgehead atoms. The molecule has 0 saturated carbocycles. The van der Waals surface area contributed by atoms with Gasteiger partial charge >= 0.3 is 0 Å². The Bertz CT molecular complexity index is 732. The number of hydrogen-bond acceptors (Lipinski definition) is 4. The molecule has 6 nitrogen and oxygen atoms in total. The van der Waals surface area contributed by atoms with Gasteiger partial charge in [0.25, 0.3) is 5.91 Å². The van der Waals surface area contributed by atoms with Gasteiger partial charge in [-0.05, 0) is 23.6 Å². The lowest BCUT2D eigenvalue weighted by Crippen LogP contribution is -2.50. The Hall–Kier alpha value is -2.05. The standard InChI is InChI=1S/C19H26N4O2.ClH/c1-14(2)15-5-4-6-16(11-15)25-13-18(24)23-10-7-20-12-17(23)19-21-8-9-22(19)3;/h4-6,8-9,11,14,17,20H,7,10,12-13H2,1-3H3;1H. The molecular weight excluding hydrogens is 352 g/mol. The third-order valence-corrected chi connectivity index (χ3v) is 4.61. The first-order valence-electron chi connectivity index (χ1n) is 8.76. The van der Waals surface area contributed by atoms with E-state index in [2.05, 4.69) is 30.2 Å². The number of ether oxygens (including phenoxy) is 1. The normalized spacial score (nSPS) is 17.1. The Balaban J connectivity index is 0.00000243. The molecule has 1 unspecified atom stereocenters. The van der Waals surface area contributed by atoms with E-state index in [-0.39, 0.29) is 31.0 Å². The summed E-state index contributed by atoms with van der Waals surface area (Å²) in [6.45, 7) is 6.48. The van der Waals surface area contributed by atoms with Crippen LogP contribution in [0.3, 0.4) is 0 Å². The van der Waals surface area contributed by atoms with E-state index in [9.17, 15) is 4.79 Å². The second-order valence-corrected chi connectivity index (χ2v) is 6.72. The van der Waals surface area contributed by atoms with E-state index in [1.54, 1.807) is 6.20 Å². The average molecular weight is 379 g/mol. The van der Waals surface area contributed by atoms with Crippen molar-refractivity contribution in [3.05, 3.63) is 48.0 Å². The van der Waals surface area contributed by atoms with Crippen LogP contribution in [0, 0.1) is 0 Å². The molecule has 1 fully saturated rings. The molecule has 142 valence electrons. The number of carbonyl (C=O) groups excluding carboxylic acids is 1. The molecule has 1 aliphatic heterocycles. The van der Waals surface area contributed by atoms with Crippen molar-refractivity contribution in [1.82, 2.24) is 19.8 Å². The lowest BCUT2D eigenvalue weighted by atomic mass is 10.0. The summed E-state index contributed by atoms with van der Waals surface area (Å²) < 4.78 is 7.73. The van der Waals surface area contributed by atoms with E-state index in [0.29, 0.717) is 19.0 Å². The summed E-state index contributed by atoms with van der Waals surface area (Å²) in [6, 6.07) is 7.88. The van der Waals surface area contributed by atoms with Gasteiger partial charge in [-0.25, -0.2) is 4.98 Å². The number of rotatable bonds is 5. The van der Waals surface area contributed by atoms with E-state index in [1.807, 2.05) is 40.9 Å². The molecule has 2 aromatic rings. The maximum absolute atomic E-state index is 12.7. The molecule has 3 rings (SSSR count). The summed E-state index contributed by atoms with van der Waals surface area (Å²) in [5, 5.41) is 3.34. The Morgan fingerprint density at radius 2 is 2.23 bits per heavy atom. The third-order valence-electron chi connectivity index (χ3n) is 4.61. The number of nitrogens with zero attached hydrogens (tertiary/aromatic N) is 3. The van der Waals surface area contributed by atoms with Gasteiger partial charge in [0.2, 0.25) is 0 Å². The number of benzene rings is 1. The average Bonchev–Trinajstić information content (AvgIpc) is 3.05. The zero-order valence-corrected chi connectivity index (χ0v) is 16.3. The summed E-state index contributed by atoms with van der Waals surface area (Å²) in [6.07, 6.45) is 3.67. The van der Waals surface area contributed by atoms with Crippen LogP contribution in [0.1, 0.15) is 37.2 Å². The highest BCUT2D eigenvalue weighted by Crippen LogP contribution is 2.22. The van der Waals surface area contributed by atoms with Gasteiger partial charge in [0.05, 0.1) is 0 Å². The van der Waals surface area contributed by atoms with Crippen molar-refractivity contribution in [3.8, 4) is 5.75 Å². The molecule has 1 atom stereocenters. The van der Waals surface area contributed by atoms with Crippen molar-refractivity contribution >= 4 is 18.3 Å². The first-order valence-corrected chi connectivity index (χ1v) is 8.76. The Labute approximate surface area is 161 Å². The van der Waals surface area contributed by atoms with Gasteiger partial charge in [-0.2, -0.15) is 0 Å². The lowest BCUT2D eigenvalue weighted by Gasteiger charge is -2.35. The molecule has 0 aliphatic carbocycles. The number of halogens is 1. The van der Waals surface area contributed by atoms with Gasteiger partial charge < -0.3 is 19.5 Å². The van der Waals surface area contributed by atoms with Gasteiger partial charge in [-0.3, -0.25) is 4.79 Å². The summed E-state index contributed by atoms with van der Waals surface area (Å²) in [5.41, 5.74) is 1.21. The summed E-state index contributed by atoms with van der Waals surface area (Å²) in [5.74, 6) is 2.05. The third kappa shape index (κ3) is 4.56. The van der Waals surface area contributed by atoms with E-state index in [0.717, 1.165) is 18.1 Å². The number of aromatic nitrogens is 2. The smallest absolute Gasteiger partial charge is 0.261 e. The number of amides is 1. The van der Waals surface area contributed by atoms with Crippen molar-refractivity contribution in [1.29, 1.82) is 0 Å². The minimum Gasteiger partial charge on any atom is -0.484 e. The summed E-state index contributed by atoms with van der Waals surface area (Å²) in [4.78, 5) is 19.0. The molecule has 2 heterocycles. The molecule has 1 aromatic heterocycles. The highest BCUT2D eigenvalue weighted by Gasteiger charge is 2.30. The summed E-state index contributed by atoms with van der Waals surface area (Å²) in [7, 11) is 1.95. The number of piperazine rings is 1. The maximum Gasteiger partial charge on any atom is 0.261 e. The lowest BCUT2D eigenvalue weighted by molar-refractivity contribution is -0.137. The quantitative estimate of drug-likeness (QED) is 0.868. The van der Waals surface area contributed by atoms with Crippen LogP contribution in [-0.2, 0) is 11.8 Å². The number of carbonyl (C=O) groups is 1. The minimum absolute atomic E-state index is 0. The largest absolute Gasteiger partial charge is 0.484 e. The van der Waals surface area contributed by atoms with E-state index < -0.39 is 0 Å². The van der Waals surface area contributed by atoms with Crippen LogP contribution in [0.25, 0.3) is 0 Å². The molecule has 26 heavy (non-hydrogen) atoms. The topological polar surface area (TPSA) is 59.4 Å². The number of nitrogens with one attached hydrogen (secondary N) is 1. The second-order valence-electron chi connectivity index (χ2n) is 6.72. The Morgan fingerprint density at radius 1 is 1.42 bits per heavy atom. The van der Waals surface area contributed by atoms with Crippen LogP contribution >= 0.6 is 12.4 Å².